The number of rotatable bonds is 3. The van der Waals surface area contributed by atoms with Gasteiger partial charge in [-0.1, -0.05) is 11.6 Å². The number of carbonyl (C=O) groups excluding carboxylic acids is 1. The van der Waals surface area contributed by atoms with E-state index < -0.39 is 0 Å². The van der Waals surface area contributed by atoms with Gasteiger partial charge in [0.2, 0.25) is 0 Å². The van der Waals surface area contributed by atoms with Crippen molar-refractivity contribution in [3.63, 3.8) is 0 Å². The topological polar surface area (TPSA) is 44.8 Å². The zero-order chi connectivity index (χ0) is 15.4. The largest absolute Gasteiger partial charge is 0.378 e. The molecule has 120 valence electrons. The predicted molar refractivity (Wildman–Crippen MR) is 87.6 cm³/mol. The fraction of sp³-hybridized carbons (Fsp3) is 0.562. The zero-order valence-corrected chi connectivity index (χ0v) is 13.4. The van der Waals surface area contributed by atoms with E-state index in [1.807, 2.05) is 17.0 Å². The molecule has 2 aliphatic heterocycles. The molecule has 0 spiro atoms. The summed E-state index contributed by atoms with van der Waals surface area (Å²) >= 11 is 5.93. The number of hydrogen-bond donors (Lipinski definition) is 1. The van der Waals surface area contributed by atoms with E-state index in [2.05, 4.69) is 22.3 Å². The summed E-state index contributed by atoms with van der Waals surface area (Å²) < 4.78 is 5.26. The number of morpholine rings is 1. The lowest BCUT2D eigenvalue weighted by Crippen LogP contribution is -2.47. The van der Waals surface area contributed by atoms with Crippen molar-refractivity contribution >= 4 is 23.3 Å². The van der Waals surface area contributed by atoms with Crippen LogP contribution in [-0.2, 0) is 4.74 Å². The Hall–Kier alpha value is -1.46. The minimum Gasteiger partial charge on any atom is -0.378 e. The van der Waals surface area contributed by atoms with Crippen LogP contribution in [0.25, 0.3) is 0 Å². The summed E-state index contributed by atoms with van der Waals surface area (Å²) in [6.07, 6.45) is 1.10. The SMILES string of the molecule is O=C(NCC1CCN(c2ccc(Cl)cc2)C1)N1CCOCC1. The Balaban J connectivity index is 1.44. The average molecular weight is 324 g/mol. The summed E-state index contributed by atoms with van der Waals surface area (Å²) in [5, 5.41) is 3.82. The molecule has 0 aliphatic carbocycles. The van der Waals surface area contributed by atoms with Crippen molar-refractivity contribution < 1.29 is 9.53 Å². The van der Waals surface area contributed by atoms with Gasteiger partial charge in [0, 0.05) is 43.4 Å². The molecule has 1 unspecified atom stereocenters. The first kappa shape index (κ1) is 15.4. The van der Waals surface area contributed by atoms with Crippen molar-refractivity contribution in [3.8, 4) is 0 Å². The van der Waals surface area contributed by atoms with Gasteiger partial charge in [-0.05, 0) is 36.6 Å². The second-order valence-corrected chi connectivity index (χ2v) is 6.30. The maximum absolute atomic E-state index is 12.1. The Morgan fingerprint density at radius 3 is 2.68 bits per heavy atom. The van der Waals surface area contributed by atoms with E-state index in [-0.39, 0.29) is 6.03 Å². The van der Waals surface area contributed by atoms with Crippen LogP contribution in [0.2, 0.25) is 5.02 Å². The Kier molecular flexibility index (Phi) is 5.05. The number of benzene rings is 1. The monoisotopic (exact) mass is 323 g/mol. The summed E-state index contributed by atoms with van der Waals surface area (Å²) in [7, 11) is 0. The number of urea groups is 1. The van der Waals surface area contributed by atoms with Crippen LogP contribution in [0, 0.1) is 5.92 Å². The molecule has 2 fully saturated rings. The van der Waals surface area contributed by atoms with E-state index in [1.165, 1.54) is 5.69 Å². The van der Waals surface area contributed by atoms with E-state index in [0.29, 0.717) is 32.2 Å². The second kappa shape index (κ2) is 7.20. The van der Waals surface area contributed by atoms with Crippen molar-refractivity contribution in [2.75, 3.05) is 50.8 Å². The van der Waals surface area contributed by atoms with Gasteiger partial charge >= 0.3 is 6.03 Å². The van der Waals surface area contributed by atoms with E-state index >= 15 is 0 Å². The van der Waals surface area contributed by atoms with Crippen LogP contribution in [0.5, 0.6) is 0 Å². The molecular weight excluding hydrogens is 302 g/mol. The summed E-state index contributed by atoms with van der Waals surface area (Å²) in [6, 6.07) is 7.98. The maximum atomic E-state index is 12.1. The first-order valence-corrected chi connectivity index (χ1v) is 8.21. The highest BCUT2D eigenvalue weighted by molar-refractivity contribution is 6.30. The van der Waals surface area contributed by atoms with E-state index in [0.717, 1.165) is 31.1 Å². The van der Waals surface area contributed by atoms with Crippen molar-refractivity contribution in [2.24, 2.45) is 5.92 Å². The highest BCUT2D eigenvalue weighted by Crippen LogP contribution is 2.24. The van der Waals surface area contributed by atoms with E-state index in [9.17, 15) is 4.79 Å². The molecular formula is C16H22ClN3O2. The Bertz CT molecular complexity index is 503. The molecule has 2 amide bonds. The molecule has 3 rings (SSSR count). The summed E-state index contributed by atoms with van der Waals surface area (Å²) in [4.78, 5) is 16.3. The molecule has 0 bridgehead atoms. The first-order chi connectivity index (χ1) is 10.7. The molecule has 2 heterocycles. The normalized spacial score (nSPS) is 22.0. The van der Waals surface area contributed by atoms with Gasteiger partial charge in [-0.3, -0.25) is 0 Å². The van der Waals surface area contributed by atoms with Crippen LogP contribution < -0.4 is 10.2 Å². The summed E-state index contributed by atoms with van der Waals surface area (Å²) in [5.41, 5.74) is 1.20. The molecule has 22 heavy (non-hydrogen) atoms. The third-order valence-electron chi connectivity index (χ3n) is 4.32. The third-order valence-corrected chi connectivity index (χ3v) is 4.57. The Labute approximate surface area is 136 Å². The fourth-order valence-corrected chi connectivity index (χ4v) is 3.12. The number of nitrogens with zero attached hydrogens (tertiary/aromatic N) is 2. The molecule has 1 atom stereocenters. The van der Waals surface area contributed by atoms with Crippen LogP contribution in [0.1, 0.15) is 6.42 Å². The Morgan fingerprint density at radius 2 is 1.95 bits per heavy atom. The lowest BCUT2D eigenvalue weighted by atomic mass is 10.1. The summed E-state index contributed by atoms with van der Waals surface area (Å²) in [6.45, 7) is 5.40. The average Bonchev–Trinajstić information content (AvgIpc) is 3.03. The predicted octanol–water partition coefficient (Wildman–Crippen LogP) is 2.21. The van der Waals surface area contributed by atoms with Crippen molar-refractivity contribution in [2.45, 2.75) is 6.42 Å². The van der Waals surface area contributed by atoms with E-state index in [1.54, 1.807) is 0 Å². The van der Waals surface area contributed by atoms with Gasteiger partial charge in [-0.15, -0.1) is 0 Å². The molecule has 5 nitrogen and oxygen atoms in total. The standard InChI is InChI=1S/C16H22ClN3O2/c17-14-1-3-15(4-2-14)20-6-5-13(12-20)11-18-16(21)19-7-9-22-10-8-19/h1-4,13H,5-12H2,(H,18,21). The smallest absolute Gasteiger partial charge is 0.317 e. The number of halogens is 1. The van der Waals surface area contributed by atoms with Crippen LogP contribution in [0.15, 0.2) is 24.3 Å². The lowest BCUT2D eigenvalue weighted by Gasteiger charge is -2.27. The van der Waals surface area contributed by atoms with Crippen LogP contribution in [0.3, 0.4) is 0 Å². The van der Waals surface area contributed by atoms with Crippen LogP contribution in [0.4, 0.5) is 10.5 Å². The molecule has 1 N–H and O–H groups in total. The molecule has 0 aromatic heterocycles. The number of carbonyl (C=O) groups is 1. The van der Waals surface area contributed by atoms with Gasteiger partial charge in [-0.2, -0.15) is 0 Å². The van der Waals surface area contributed by atoms with Gasteiger partial charge in [0.1, 0.15) is 0 Å². The van der Waals surface area contributed by atoms with Crippen molar-refractivity contribution in [1.82, 2.24) is 10.2 Å². The van der Waals surface area contributed by atoms with E-state index in [4.69, 9.17) is 16.3 Å². The molecule has 2 saturated heterocycles. The lowest BCUT2D eigenvalue weighted by molar-refractivity contribution is 0.0530. The number of ether oxygens (including phenoxy) is 1. The van der Waals surface area contributed by atoms with Gasteiger partial charge in [0.15, 0.2) is 0 Å². The first-order valence-electron chi connectivity index (χ1n) is 7.83. The van der Waals surface area contributed by atoms with Gasteiger partial charge < -0.3 is 19.9 Å². The zero-order valence-electron chi connectivity index (χ0n) is 12.6. The fourth-order valence-electron chi connectivity index (χ4n) is 3.00. The quantitative estimate of drug-likeness (QED) is 0.927. The second-order valence-electron chi connectivity index (χ2n) is 5.86. The maximum Gasteiger partial charge on any atom is 0.317 e. The van der Waals surface area contributed by atoms with Crippen molar-refractivity contribution in [3.05, 3.63) is 29.3 Å². The molecule has 0 saturated carbocycles. The highest BCUT2D eigenvalue weighted by Gasteiger charge is 2.24. The molecule has 0 radical (unpaired) electrons. The number of anilines is 1. The Morgan fingerprint density at radius 1 is 1.23 bits per heavy atom. The van der Waals surface area contributed by atoms with Crippen LogP contribution in [-0.4, -0.2) is 56.9 Å². The molecule has 1 aromatic carbocycles. The third kappa shape index (κ3) is 3.84. The molecule has 2 aliphatic rings. The summed E-state index contributed by atoms with van der Waals surface area (Å²) in [5.74, 6) is 0.501. The molecule has 1 aromatic rings. The molecule has 6 heteroatoms. The number of amides is 2. The minimum atomic E-state index is 0.0354. The minimum absolute atomic E-state index is 0.0354. The van der Waals surface area contributed by atoms with Gasteiger partial charge in [0.05, 0.1) is 13.2 Å². The van der Waals surface area contributed by atoms with Crippen molar-refractivity contribution in [1.29, 1.82) is 0 Å². The van der Waals surface area contributed by atoms with Crippen LogP contribution >= 0.6 is 11.6 Å². The highest BCUT2D eigenvalue weighted by atomic mass is 35.5. The van der Waals surface area contributed by atoms with Gasteiger partial charge in [0.25, 0.3) is 0 Å². The number of nitrogens with one attached hydrogen (secondary N) is 1. The number of hydrogen-bond acceptors (Lipinski definition) is 3. The van der Waals surface area contributed by atoms with Gasteiger partial charge in [-0.25, -0.2) is 4.79 Å².